The average molecular weight is 406 g/mol. The zero-order chi connectivity index (χ0) is 20.9. The lowest BCUT2D eigenvalue weighted by atomic mass is 10.1. The molecule has 0 spiro atoms. The second kappa shape index (κ2) is 8.59. The van der Waals surface area contributed by atoms with Crippen LogP contribution in [-0.2, 0) is 9.73 Å². The van der Waals surface area contributed by atoms with E-state index in [9.17, 15) is 14.1 Å². The van der Waals surface area contributed by atoms with E-state index in [2.05, 4.69) is 21.2 Å². The van der Waals surface area contributed by atoms with E-state index in [-0.39, 0.29) is 11.3 Å². The topological polar surface area (TPSA) is 88.9 Å². The molecule has 1 heterocycles. The molecule has 0 aliphatic rings. The fourth-order valence-corrected chi connectivity index (χ4v) is 3.61. The third-order valence-corrected chi connectivity index (χ3v) is 5.60. The molecule has 0 aliphatic carbocycles. The average Bonchev–Trinajstić information content (AvgIpc) is 2.72. The predicted octanol–water partition coefficient (Wildman–Crippen LogP) is 3.49. The van der Waals surface area contributed by atoms with E-state index in [1.165, 1.54) is 37.9 Å². The first-order chi connectivity index (χ1) is 13.9. The van der Waals surface area contributed by atoms with Gasteiger partial charge in [-0.1, -0.05) is 17.9 Å². The van der Waals surface area contributed by atoms with Crippen molar-refractivity contribution < 1.29 is 18.8 Å². The lowest BCUT2D eigenvalue weighted by Gasteiger charge is -2.05. The summed E-state index contributed by atoms with van der Waals surface area (Å²) in [6, 6.07) is 14.6. The SMILES string of the molecule is COc1ccc(S(C)(=O)=NC(=O)c2cncc(C#Cc3cccc(O)c3)c2)cc1. The normalized spacial score (nSPS) is 12.2. The Balaban J connectivity index is 1.87. The Morgan fingerprint density at radius 2 is 1.79 bits per heavy atom. The van der Waals surface area contributed by atoms with Crippen LogP contribution in [0.1, 0.15) is 21.5 Å². The number of ether oxygens (including phenoxy) is 1. The summed E-state index contributed by atoms with van der Waals surface area (Å²) < 4.78 is 21.9. The molecule has 1 unspecified atom stereocenters. The van der Waals surface area contributed by atoms with E-state index in [0.717, 1.165) is 0 Å². The number of nitrogens with zero attached hydrogens (tertiary/aromatic N) is 2. The van der Waals surface area contributed by atoms with Crippen LogP contribution in [0.4, 0.5) is 0 Å². The van der Waals surface area contributed by atoms with Crippen LogP contribution in [-0.4, -0.2) is 33.6 Å². The number of aromatic nitrogens is 1. The zero-order valence-corrected chi connectivity index (χ0v) is 16.6. The van der Waals surface area contributed by atoms with Gasteiger partial charge in [0.2, 0.25) is 0 Å². The molecule has 3 rings (SSSR count). The summed E-state index contributed by atoms with van der Waals surface area (Å²) in [7, 11) is -1.39. The van der Waals surface area contributed by atoms with Crippen LogP contribution in [0, 0.1) is 11.8 Å². The number of phenols is 1. The van der Waals surface area contributed by atoms with Gasteiger partial charge in [-0.2, -0.15) is 4.36 Å². The van der Waals surface area contributed by atoms with Crippen molar-refractivity contribution in [1.82, 2.24) is 4.98 Å². The van der Waals surface area contributed by atoms with Crippen LogP contribution in [0.15, 0.2) is 76.2 Å². The van der Waals surface area contributed by atoms with Gasteiger partial charge in [-0.05, 0) is 48.5 Å². The minimum Gasteiger partial charge on any atom is -0.508 e. The molecule has 1 N–H and O–H groups in total. The number of methoxy groups -OCH3 is 1. The number of benzene rings is 2. The van der Waals surface area contributed by atoms with Crippen molar-refractivity contribution in [2.45, 2.75) is 4.90 Å². The van der Waals surface area contributed by atoms with Crippen LogP contribution in [0.3, 0.4) is 0 Å². The largest absolute Gasteiger partial charge is 0.508 e. The number of hydrogen-bond acceptors (Lipinski definition) is 5. The molecule has 3 aromatic rings. The van der Waals surface area contributed by atoms with Gasteiger partial charge in [-0.15, -0.1) is 0 Å². The quantitative estimate of drug-likeness (QED) is 0.673. The molecule has 1 amide bonds. The number of rotatable bonds is 3. The van der Waals surface area contributed by atoms with Gasteiger partial charge in [0.15, 0.2) is 0 Å². The molecular formula is C22H18N2O4S. The number of pyridine rings is 1. The summed E-state index contributed by atoms with van der Waals surface area (Å²) in [5.74, 6) is 5.89. The summed E-state index contributed by atoms with van der Waals surface area (Å²) in [5.41, 5.74) is 1.32. The molecule has 1 atom stereocenters. The molecule has 0 saturated heterocycles. The van der Waals surface area contributed by atoms with E-state index >= 15 is 0 Å². The van der Waals surface area contributed by atoms with Crippen LogP contribution in [0.2, 0.25) is 0 Å². The molecule has 29 heavy (non-hydrogen) atoms. The van der Waals surface area contributed by atoms with Gasteiger partial charge >= 0.3 is 0 Å². The summed E-state index contributed by atoms with van der Waals surface area (Å²) >= 11 is 0. The predicted molar refractivity (Wildman–Crippen MR) is 110 cm³/mol. The Bertz CT molecular complexity index is 1230. The van der Waals surface area contributed by atoms with E-state index in [0.29, 0.717) is 21.8 Å². The fraction of sp³-hybridized carbons (Fsp3) is 0.0909. The number of carbonyl (C=O) groups excluding carboxylic acids is 1. The molecule has 1 aromatic heterocycles. The molecule has 146 valence electrons. The molecule has 0 saturated carbocycles. The highest BCUT2D eigenvalue weighted by Crippen LogP contribution is 2.18. The second-order valence-electron chi connectivity index (χ2n) is 6.14. The standard InChI is InChI=1S/C22H18N2O4S/c1-28-20-8-10-21(11-9-20)29(2,27)24-22(26)18-12-17(14-23-15-18)7-6-16-4-3-5-19(25)13-16/h3-5,8-15,25H,1-2H3. The van der Waals surface area contributed by atoms with Crippen molar-refractivity contribution in [2.24, 2.45) is 4.36 Å². The van der Waals surface area contributed by atoms with Gasteiger partial charge in [0.05, 0.1) is 22.4 Å². The van der Waals surface area contributed by atoms with Crippen molar-refractivity contribution in [2.75, 3.05) is 13.4 Å². The summed E-state index contributed by atoms with van der Waals surface area (Å²) in [6.07, 6.45) is 4.28. The number of aromatic hydroxyl groups is 1. The van der Waals surface area contributed by atoms with E-state index in [4.69, 9.17) is 4.74 Å². The molecule has 0 radical (unpaired) electrons. The minimum atomic E-state index is -2.93. The van der Waals surface area contributed by atoms with Crippen molar-refractivity contribution in [1.29, 1.82) is 0 Å². The monoisotopic (exact) mass is 406 g/mol. The van der Waals surface area contributed by atoms with Crippen LogP contribution < -0.4 is 4.74 Å². The second-order valence-corrected chi connectivity index (χ2v) is 8.40. The molecule has 7 heteroatoms. The van der Waals surface area contributed by atoms with Crippen LogP contribution >= 0.6 is 0 Å². The van der Waals surface area contributed by atoms with E-state index in [1.54, 1.807) is 42.5 Å². The molecule has 6 nitrogen and oxygen atoms in total. The van der Waals surface area contributed by atoms with Crippen molar-refractivity contribution in [3.63, 3.8) is 0 Å². The maximum Gasteiger partial charge on any atom is 0.286 e. The highest BCUT2D eigenvalue weighted by molar-refractivity contribution is 7.93. The zero-order valence-electron chi connectivity index (χ0n) is 15.8. The van der Waals surface area contributed by atoms with E-state index < -0.39 is 15.6 Å². The fourth-order valence-electron chi connectivity index (χ4n) is 2.45. The maximum absolute atomic E-state index is 12.9. The van der Waals surface area contributed by atoms with E-state index in [1.807, 2.05) is 0 Å². The van der Waals surface area contributed by atoms with Gasteiger partial charge in [0.1, 0.15) is 11.5 Å². The Morgan fingerprint density at radius 3 is 2.48 bits per heavy atom. The third kappa shape index (κ3) is 5.21. The Hall–Kier alpha value is -3.63. The molecule has 0 aliphatic heterocycles. The van der Waals surface area contributed by atoms with Crippen LogP contribution in [0.25, 0.3) is 0 Å². The lowest BCUT2D eigenvalue weighted by molar-refractivity contribution is 0.100. The number of hydrogen-bond donors (Lipinski definition) is 1. The Kier molecular flexibility index (Phi) is 5.96. The molecule has 2 aromatic carbocycles. The van der Waals surface area contributed by atoms with Crippen molar-refractivity contribution in [3.05, 3.63) is 83.7 Å². The van der Waals surface area contributed by atoms with Crippen LogP contribution in [0.5, 0.6) is 11.5 Å². The number of carbonyl (C=O) groups is 1. The first kappa shape index (κ1) is 20.1. The first-order valence-electron chi connectivity index (χ1n) is 8.54. The van der Waals surface area contributed by atoms with Crippen molar-refractivity contribution >= 4 is 15.6 Å². The minimum absolute atomic E-state index is 0.119. The van der Waals surface area contributed by atoms with Gasteiger partial charge in [-0.25, -0.2) is 4.21 Å². The maximum atomic E-state index is 12.9. The Morgan fingerprint density at radius 1 is 1.07 bits per heavy atom. The Labute approximate surface area is 169 Å². The van der Waals surface area contributed by atoms with Gasteiger partial charge in [0, 0.05) is 34.7 Å². The van der Waals surface area contributed by atoms with Gasteiger partial charge in [0.25, 0.3) is 5.91 Å². The van der Waals surface area contributed by atoms with Gasteiger partial charge < -0.3 is 9.84 Å². The smallest absolute Gasteiger partial charge is 0.286 e. The third-order valence-electron chi connectivity index (χ3n) is 3.94. The summed E-state index contributed by atoms with van der Waals surface area (Å²) in [4.78, 5) is 17.0. The summed E-state index contributed by atoms with van der Waals surface area (Å²) in [5, 5.41) is 9.49. The number of phenolic OH excluding ortho intramolecular Hbond substituents is 1. The molecular weight excluding hydrogens is 388 g/mol. The molecule has 0 fully saturated rings. The van der Waals surface area contributed by atoms with Gasteiger partial charge in [-0.3, -0.25) is 9.78 Å². The van der Waals surface area contributed by atoms with Crippen molar-refractivity contribution in [3.8, 4) is 23.3 Å². The molecule has 0 bridgehead atoms. The summed E-state index contributed by atoms with van der Waals surface area (Å²) in [6.45, 7) is 0. The highest BCUT2D eigenvalue weighted by atomic mass is 32.2. The number of amides is 1. The first-order valence-corrected chi connectivity index (χ1v) is 10.5. The highest BCUT2D eigenvalue weighted by Gasteiger charge is 2.12. The lowest BCUT2D eigenvalue weighted by Crippen LogP contribution is -2.04.